The molecule has 5 rings (SSSR count). The Hall–Kier alpha value is -6.54. The van der Waals surface area contributed by atoms with E-state index in [0.717, 1.165) is 35.1 Å². The van der Waals surface area contributed by atoms with Crippen LogP contribution in [-0.2, 0) is 0 Å². The minimum absolute atomic E-state index is 0.154. The van der Waals surface area contributed by atoms with Crippen molar-refractivity contribution in [2.75, 3.05) is 0 Å². The van der Waals surface area contributed by atoms with Crippen molar-refractivity contribution >= 4 is 50.5 Å². The summed E-state index contributed by atoms with van der Waals surface area (Å²) in [7, 11) is 0. The summed E-state index contributed by atoms with van der Waals surface area (Å²) in [6.07, 6.45) is 0. The van der Waals surface area contributed by atoms with E-state index in [1.807, 2.05) is 0 Å². The fraction of sp³-hybridized carbons (Fsp3) is 0. The second kappa shape index (κ2) is 8.54. The lowest BCUT2D eigenvalue weighted by Crippen LogP contribution is -2.04. The summed E-state index contributed by atoms with van der Waals surface area (Å²) in [6, 6.07) is 6.21. The van der Waals surface area contributed by atoms with Crippen LogP contribution in [0.15, 0.2) is 42.5 Å². The Morgan fingerprint density at radius 2 is 0.923 bits per heavy atom. The molecule has 0 unspecified atom stereocenters. The number of nitrogens with zero attached hydrogens (tertiary/aromatic N) is 11. The molecule has 0 amide bonds. The van der Waals surface area contributed by atoms with Crippen molar-refractivity contribution in [3.8, 4) is 11.4 Å². The Morgan fingerprint density at radius 3 is 1.38 bits per heavy atom. The molecule has 0 spiro atoms. The number of aromatic nitrogens is 6. The first-order valence-corrected chi connectivity index (χ1v) is 10.1. The maximum absolute atomic E-state index is 11.8. The van der Waals surface area contributed by atoms with E-state index in [0.29, 0.717) is 16.9 Å². The van der Waals surface area contributed by atoms with Crippen LogP contribution in [0.2, 0.25) is 0 Å². The summed E-state index contributed by atoms with van der Waals surface area (Å²) in [5.74, 6) is 0. The third kappa shape index (κ3) is 3.92. The zero-order valence-corrected chi connectivity index (χ0v) is 18.5. The predicted octanol–water partition coefficient (Wildman–Crippen LogP) is 2.70. The van der Waals surface area contributed by atoms with Gasteiger partial charge in [0.15, 0.2) is 22.4 Å². The van der Waals surface area contributed by atoms with E-state index in [1.165, 1.54) is 0 Å². The summed E-state index contributed by atoms with van der Waals surface area (Å²) >= 11 is 0. The highest BCUT2D eigenvalue weighted by Crippen LogP contribution is 2.34. The molecule has 5 aromatic rings. The van der Waals surface area contributed by atoms with Crippen LogP contribution in [0.25, 0.3) is 33.4 Å². The number of non-ortho nitro benzene ring substituents is 3. The van der Waals surface area contributed by atoms with Crippen molar-refractivity contribution in [1.82, 2.24) is 30.0 Å². The molecule has 0 N–H and O–H groups in total. The molecule has 0 aliphatic rings. The predicted molar refractivity (Wildman–Crippen MR) is 125 cm³/mol. The smallest absolute Gasteiger partial charge is 0.258 e. The van der Waals surface area contributed by atoms with Crippen LogP contribution in [0.3, 0.4) is 0 Å². The highest BCUT2D eigenvalue weighted by atomic mass is 16.6. The molecule has 21 nitrogen and oxygen atoms in total. The van der Waals surface area contributed by atoms with Gasteiger partial charge < -0.3 is 0 Å². The number of hydrogen-bond donors (Lipinski definition) is 0. The van der Waals surface area contributed by atoms with Gasteiger partial charge in [0.05, 0.1) is 36.7 Å². The summed E-state index contributed by atoms with van der Waals surface area (Å²) < 4.78 is 0. The van der Waals surface area contributed by atoms with Gasteiger partial charge in [-0.2, -0.15) is 0 Å². The molecular formula is C18H7N11O10. The molecule has 0 aliphatic carbocycles. The zero-order chi connectivity index (χ0) is 28.2. The molecule has 0 bridgehead atoms. The van der Waals surface area contributed by atoms with E-state index < -0.39 is 53.1 Å². The van der Waals surface area contributed by atoms with Gasteiger partial charge in [0.2, 0.25) is 0 Å². The Kier molecular flexibility index (Phi) is 5.29. The van der Waals surface area contributed by atoms with E-state index in [-0.39, 0.29) is 33.4 Å². The van der Waals surface area contributed by atoms with E-state index in [4.69, 9.17) is 0 Å². The Bertz CT molecular complexity index is 1930. The van der Waals surface area contributed by atoms with Crippen LogP contribution >= 0.6 is 0 Å². The molecule has 194 valence electrons. The lowest BCUT2D eigenvalue weighted by atomic mass is 10.2. The number of fused-ring (bicyclic) bond motifs is 3. The van der Waals surface area contributed by atoms with Gasteiger partial charge in [-0.25, -0.2) is 0 Å². The standard InChI is InChI=1S/C18H7N11O10/c30-25(31)8-1-3-11(13(5-8)27(34)35)23-19-10-7-15(29(38)39)17-18(16(10)20-23)22-24(21-17)12-4-2-9(26(32)33)6-14(12)28(36)37/h1-7H. The van der Waals surface area contributed by atoms with Crippen LogP contribution in [0.1, 0.15) is 0 Å². The first-order valence-electron chi connectivity index (χ1n) is 10.1. The van der Waals surface area contributed by atoms with E-state index in [9.17, 15) is 50.6 Å². The maximum Gasteiger partial charge on any atom is 0.303 e. The second-order valence-corrected chi connectivity index (χ2v) is 7.57. The highest BCUT2D eigenvalue weighted by molar-refractivity contribution is 6.04. The monoisotopic (exact) mass is 537 g/mol. The summed E-state index contributed by atoms with van der Waals surface area (Å²) in [5.41, 5.74) is -4.97. The number of nitro groups is 5. The summed E-state index contributed by atoms with van der Waals surface area (Å²) in [4.78, 5) is 54.0. The molecule has 39 heavy (non-hydrogen) atoms. The van der Waals surface area contributed by atoms with Gasteiger partial charge in [-0.1, -0.05) is 0 Å². The van der Waals surface area contributed by atoms with Crippen LogP contribution in [0, 0.1) is 50.6 Å². The van der Waals surface area contributed by atoms with E-state index >= 15 is 0 Å². The van der Waals surface area contributed by atoms with Crippen LogP contribution < -0.4 is 0 Å². The molecule has 3 aromatic carbocycles. The first kappa shape index (κ1) is 24.2. The number of hydrogen-bond acceptors (Lipinski definition) is 14. The maximum atomic E-state index is 11.8. The SMILES string of the molecule is O=[N+]([O-])c1ccc(-n2nc3cc([N+](=O)[O-])c4nn(-c5ccc([N+](=O)[O-])cc5[N+](=O)[O-])nc4c3n2)c([N+](=O)[O-])c1. The molecule has 0 fully saturated rings. The average molecular weight is 537 g/mol. The summed E-state index contributed by atoms with van der Waals surface area (Å²) in [5, 5.41) is 73.1. The molecule has 0 saturated carbocycles. The molecule has 21 heteroatoms. The van der Waals surface area contributed by atoms with Gasteiger partial charge in [0.1, 0.15) is 11.0 Å². The van der Waals surface area contributed by atoms with Crippen LogP contribution in [0.5, 0.6) is 0 Å². The highest BCUT2D eigenvalue weighted by Gasteiger charge is 2.29. The molecular weight excluding hydrogens is 530 g/mol. The van der Waals surface area contributed by atoms with Gasteiger partial charge in [-0.05, 0) is 12.1 Å². The molecule has 0 radical (unpaired) electrons. The van der Waals surface area contributed by atoms with Crippen molar-refractivity contribution in [3.05, 3.63) is 93.0 Å². The second-order valence-electron chi connectivity index (χ2n) is 7.57. The van der Waals surface area contributed by atoms with Crippen molar-refractivity contribution in [1.29, 1.82) is 0 Å². The number of benzene rings is 3. The van der Waals surface area contributed by atoms with Crippen molar-refractivity contribution in [3.63, 3.8) is 0 Å². The van der Waals surface area contributed by atoms with E-state index in [1.54, 1.807) is 0 Å². The molecule has 0 saturated heterocycles. The molecule has 0 aliphatic heterocycles. The van der Waals surface area contributed by atoms with Gasteiger partial charge >= 0.3 is 17.1 Å². The van der Waals surface area contributed by atoms with Crippen molar-refractivity contribution in [2.45, 2.75) is 0 Å². The largest absolute Gasteiger partial charge is 0.303 e. The van der Waals surface area contributed by atoms with Crippen LogP contribution in [-0.4, -0.2) is 54.6 Å². The van der Waals surface area contributed by atoms with Gasteiger partial charge in [0.25, 0.3) is 11.4 Å². The van der Waals surface area contributed by atoms with Crippen molar-refractivity contribution < 1.29 is 24.6 Å². The molecule has 2 aromatic heterocycles. The van der Waals surface area contributed by atoms with Crippen molar-refractivity contribution in [2.24, 2.45) is 0 Å². The number of rotatable bonds is 7. The fourth-order valence-corrected chi connectivity index (χ4v) is 3.66. The molecule has 2 heterocycles. The van der Waals surface area contributed by atoms with Crippen LogP contribution in [0.4, 0.5) is 28.4 Å². The Morgan fingerprint density at radius 1 is 0.487 bits per heavy atom. The quantitative estimate of drug-likeness (QED) is 0.213. The van der Waals surface area contributed by atoms with Gasteiger partial charge in [-0.3, -0.25) is 50.6 Å². The minimum Gasteiger partial charge on any atom is -0.258 e. The lowest BCUT2D eigenvalue weighted by Gasteiger charge is -2.01. The Labute approximate surface area is 210 Å². The Balaban J connectivity index is 1.77. The topological polar surface area (TPSA) is 277 Å². The minimum atomic E-state index is -0.926. The third-order valence-electron chi connectivity index (χ3n) is 5.35. The molecule has 0 atom stereocenters. The third-order valence-corrected chi connectivity index (χ3v) is 5.35. The lowest BCUT2D eigenvalue weighted by molar-refractivity contribution is -0.394. The fourth-order valence-electron chi connectivity index (χ4n) is 3.66. The van der Waals surface area contributed by atoms with Gasteiger partial charge in [-0.15, -0.1) is 30.0 Å². The van der Waals surface area contributed by atoms with Gasteiger partial charge in [0, 0.05) is 18.2 Å². The average Bonchev–Trinajstić information content (AvgIpc) is 3.51. The normalized spacial score (nSPS) is 11.1. The number of nitro benzene ring substituents is 5. The van der Waals surface area contributed by atoms with E-state index in [2.05, 4.69) is 20.4 Å². The first-order chi connectivity index (χ1) is 18.5. The zero-order valence-electron chi connectivity index (χ0n) is 18.5. The summed E-state index contributed by atoms with van der Waals surface area (Å²) in [6.45, 7) is 0.